The Kier molecular flexibility index (Phi) is 5.32. The van der Waals surface area contributed by atoms with Gasteiger partial charge in [-0.25, -0.2) is 0 Å². The van der Waals surface area contributed by atoms with Crippen LogP contribution < -0.4 is 5.32 Å². The van der Waals surface area contributed by atoms with Crippen LogP contribution in [0.5, 0.6) is 0 Å². The zero-order valence-corrected chi connectivity index (χ0v) is 11.3. The molecule has 0 aliphatic rings. The third kappa shape index (κ3) is 3.95. The molecule has 0 aromatic carbocycles. The van der Waals surface area contributed by atoms with E-state index in [-0.39, 0.29) is 0 Å². The van der Waals surface area contributed by atoms with Gasteiger partial charge in [-0.2, -0.15) is 5.10 Å². The number of nitrogens with one attached hydrogen (secondary N) is 1. The Bertz CT molecular complexity index is 285. The molecule has 3 nitrogen and oxygen atoms in total. The average Bonchev–Trinajstić information content (AvgIpc) is 2.63. The number of aromatic nitrogens is 2. The molecule has 0 fully saturated rings. The van der Waals surface area contributed by atoms with Crippen molar-refractivity contribution in [3.05, 3.63) is 18.0 Å². The summed E-state index contributed by atoms with van der Waals surface area (Å²) in [4.78, 5) is 0. The van der Waals surface area contributed by atoms with Gasteiger partial charge >= 0.3 is 0 Å². The monoisotopic (exact) mass is 273 g/mol. The van der Waals surface area contributed by atoms with E-state index >= 15 is 0 Å². The van der Waals surface area contributed by atoms with Crippen LogP contribution in [0.4, 0.5) is 0 Å². The third-order valence-electron chi connectivity index (χ3n) is 2.87. The fourth-order valence-electron chi connectivity index (χ4n) is 1.41. The topological polar surface area (TPSA) is 29.9 Å². The summed E-state index contributed by atoms with van der Waals surface area (Å²) in [7, 11) is 1.99. The molecule has 1 rings (SSSR count). The highest BCUT2D eigenvalue weighted by Crippen LogP contribution is 2.06. The number of hydrogen-bond acceptors (Lipinski definition) is 2. The first-order valence-corrected chi connectivity index (χ1v) is 6.53. The lowest BCUT2D eigenvalue weighted by atomic mass is 10.1. The van der Waals surface area contributed by atoms with E-state index in [0.29, 0.717) is 12.0 Å². The van der Waals surface area contributed by atoms with Crippen molar-refractivity contribution in [2.45, 2.75) is 26.3 Å². The minimum atomic E-state index is 0.553. The second-order valence-electron chi connectivity index (χ2n) is 4.07. The summed E-state index contributed by atoms with van der Waals surface area (Å²) in [6, 6.07) is 2.62. The molecule has 4 heteroatoms. The van der Waals surface area contributed by atoms with E-state index < -0.39 is 0 Å². The second-order valence-corrected chi connectivity index (χ2v) is 4.72. The fourth-order valence-corrected chi connectivity index (χ4v) is 1.97. The minimum absolute atomic E-state index is 0.553. The van der Waals surface area contributed by atoms with Gasteiger partial charge in [-0.05, 0) is 18.9 Å². The minimum Gasteiger partial charge on any atom is -0.314 e. The Hall–Kier alpha value is -0.350. The van der Waals surface area contributed by atoms with Crippen LogP contribution in [0, 0.1) is 5.92 Å². The Morgan fingerprint density at radius 3 is 2.80 bits per heavy atom. The van der Waals surface area contributed by atoms with E-state index in [1.54, 1.807) is 0 Å². The lowest BCUT2D eigenvalue weighted by Crippen LogP contribution is -2.34. The molecule has 0 bridgehead atoms. The second kappa shape index (κ2) is 6.28. The van der Waals surface area contributed by atoms with Crippen molar-refractivity contribution in [1.82, 2.24) is 15.1 Å². The maximum absolute atomic E-state index is 4.15. The molecule has 0 saturated carbocycles. The van der Waals surface area contributed by atoms with E-state index in [9.17, 15) is 0 Å². The largest absolute Gasteiger partial charge is 0.314 e. The normalized spacial score (nSPS) is 15.2. The van der Waals surface area contributed by atoms with Crippen molar-refractivity contribution in [2.24, 2.45) is 13.0 Å². The van der Waals surface area contributed by atoms with Gasteiger partial charge in [-0.15, -0.1) is 0 Å². The van der Waals surface area contributed by atoms with Crippen LogP contribution in [-0.4, -0.2) is 27.7 Å². The highest BCUT2D eigenvalue weighted by atomic mass is 79.9. The van der Waals surface area contributed by atoms with Crippen molar-refractivity contribution in [3.63, 3.8) is 0 Å². The summed E-state index contributed by atoms with van der Waals surface area (Å²) in [6.07, 6.45) is 2.88. The molecule has 2 atom stereocenters. The van der Waals surface area contributed by atoms with E-state index in [1.165, 1.54) is 5.69 Å². The van der Waals surface area contributed by atoms with Gasteiger partial charge < -0.3 is 5.32 Å². The summed E-state index contributed by atoms with van der Waals surface area (Å²) in [5.74, 6) is 0.663. The Morgan fingerprint density at radius 2 is 2.27 bits per heavy atom. The first-order valence-electron chi connectivity index (χ1n) is 5.41. The van der Waals surface area contributed by atoms with Crippen LogP contribution in [0.25, 0.3) is 0 Å². The zero-order valence-electron chi connectivity index (χ0n) is 9.70. The Balaban J connectivity index is 2.25. The molecule has 1 aromatic heterocycles. The standard InChI is InChI=1S/C11H20BrN3/c1-9(8-12)10(2)13-6-4-11-5-7-14-15(11)3/h5,7,9-10,13H,4,6,8H2,1-3H3. The number of halogens is 1. The molecule has 15 heavy (non-hydrogen) atoms. The van der Waals surface area contributed by atoms with Gasteiger partial charge in [-0.3, -0.25) is 4.68 Å². The number of rotatable bonds is 6. The molecule has 0 radical (unpaired) electrons. The van der Waals surface area contributed by atoms with E-state index in [1.807, 2.05) is 17.9 Å². The number of nitrogens with zero attached hydrogens (tertiary/aromatic N) is 2. The first kappa shape index (κ1) is 12.7. The molecule has 2 unspecified atom stereocenters. The van der Waals surface area contributed by atoms with Crippen LogP contribution in [0.2, 0.25) is 0 Å². The highest BCUT2D eigenvalue weighted by Gasteiger charge is 2.09. The molecule has 1 aromatic rings. The summed E-state index contributed by atoms with van der Waals surface area (Å²) >= 11 is 3.50. The van der Waals surface area contributed by atoms with Crippen molar-refractivity contribution >= 4 is 15.9 Å². The van der Waals surface area contributed by atoms with Gasteiger partial charge in [0.1, 0.15) is 0 Å². The van der Waals surface area contributed by atoms with Crippen molar-refractivity contribution in [1.29, 1.82) is 0 Å². The number of hydrogen-bond donors (Lipinski definition) is 1. The predicted molar refractivity (Wildman–Crippen MR) is 67.3 cm³/mol. The maximum atomic E-state index is 4.15. The van der Waals surface area contributed by atoms with Gasteiger partial charge in [0.25, 0.3) is 0 Å². The van der Waals surface area contributed by atoms with Gasteiger partial charge in [0.2, 0.25) is 0 Å². The molecule has 0 aliphatic heterocycles. The van der Waals surface area contributed by atoms with Gasteiger partial charge in [0.15, 0.2) is 0 Å². The smallest absolute Gasteiger partial charge is 0.0492 e. The molecule has 86 valence electrons. The van der Waals surface area contributed by atoms with Crippen molar-refractivity contribution in [3.8, 4) is 0 Å². The van der Waals surface area contributed by atoms with Gasteiger partial charge in [0.05, 0.1) is 0 Å². The Morgan fingerprint density at radius 1 is 1.53 bits per heavy atom. The predicted octanol–water partition coefficient (Wildman–Crippen LogP) is 1.97. The highest BCUT2D eigenvalue weighted by molar-refractivity contribution is 9.09. The average molecular weight is 274 g/mol. The van der Waals surface area contributed by atoms with Crippen LogP contribution >= 0.6 is 15.9 Å². The summed E-state index contributed by atoms with van der Waals surface area (Å²) < 4.78 is 1.93. The van der Waals surface area contributed by atoms with E-state index in [4.69, 9.17) is 0 Å². The third-order valence-corrected chi connectivity index (χ3v) is 3.89. The van der Waals surface area contributed by atoms with Gasteiger partial charge in [-0.1, -0.05) is 22.9 Å². The summed E-state index contributed by atoms with van der Waals surface area (Å²) in [5.41, 5.74) is 1.28. The van der Waals surface area contributed by atoms with Crippen LogP contribution in [-0.2, 0) is 13.5 Å². The molecule has 1 heterocycles. The molecule has 1 N–H and O–H groups in total. The first-order chi connectivity index (χ1) is 7.15. The molecule has 0 spiro atoms. The molecular weight excluding hydrogens is 254 g/mol. The lowest BCUT2D eigenvalue weighted by molar-refractivity contribution is 0.435. The maximum Gasteiger partial charge on any atom is 0.0492 e. The number of alkyl halides is 1. The van der Waals surface area contributed by atoms with Crippen LogP contribution in [0.15, 0.2) is 12.3 Å². The molecule has 0 amide bonds. The van der Waals surface area contributed by atoms with Crippen LogP contribution in [0.3, 0.4) is 0 Å². The lowest BCUT2D eigenvalue weighted by Gasteiger charge is -2.19. The molecule has 0 saturated heterocycles. The zero-order chi connectivity index (χ0) is 11.3. The van der Waals surface area contributed by atoms with Crippen LogP contribution in [0.1, 0.15) is 19.5 Å². The van der Waals surface area contributed by atoms with E-state index in [2.05, 4.69) is 46.3 Å². The van der Waals surface area contributed by atoms with Gasteiger partial charge in [0, 0.05) is 43.3 Å². The molecular formula is C11H20BrN3. The SMILES string of the molecule is CC(CBr)C(C)NCCc1ccnn1C. The number of aryl methyl sites for hydroxylation is 1. The van der Waals surface area contributed by atoms with Crippen molar-refractivity contribution in [2.75, 3.05) is 11.9 Å². The Labute approximate surface area is 100 Å². The quantitative estimate of drug-likeness (QED) is 0.804. The molecule has 0 aliphatic carbocycles. The summed E-state index contributed by atoms with van der Waals surface area (Å²) in [6.45, 7) is 5.49. The van der Waals surface area contributed by atoms with Crippen molar-refractivity contribution < 1.29 is 0 Å². The van der Waals surface area contributed by atoms with E-state index in [0.717, 1.165) is 18.3 Å². The summed E-state index contributed by atoms with van der Waals surface area (Å²) in [5, 5.41) is 8.72. The fraction of sp³-hybridized carbons (Fsp3) is 0.727.